The number of hydrogen-bond acceptors (Lipinski definition) is 2. The highest BCUT2D eigenvalue weighted by molar-refractivity contribution is 9.10. The van der Waals surface area contributed by atoms with Crippen molar-refractivity contribution >= 4 is 33.0 Å². The van der Waals surface area contributed by atoms with Crippen molar-refractivity contribution in [2.75, 3.05) is 11.1 Å². The number of benzene rings is 6. The molecule has 0 saturated heterocycles. The van der Waals surface area contributed by atoms with Gasteiger partial charge in [0.05, 0.1) is 0 Å². The first-order valence-corrected chi connectivity index (χ1v) is 17.3. The number of nitrogen functional groups attached to an aromatic ring is 1. The van der Waals surface area contributed by atoms with E-state index in [1.165, 1.54) is 57.3 Å². The van der Waals surface area contributed by atoms with Crippen LogP contribution in [-0.4, -0.2) is 0 Å². The molecule has 240 valence electrons. The van der Waals surface area contributed by atoms with E-state index in [1.54, 1.807) is 0 Å². The predicted octanol–water partition coefficient (Wildman–Crippen LogP) is 13.0. The molecule has 0 unspecified atom stereocenters. The fraction of sp³-hybridized carbons (Fsp3) is 0.182. The Morgan fingerprint density at radius 3 is 1.13 bits per heavy atom. The van der Waals surface area contributed by atoms with Crippen LogP contribution in [0.5, 0.6) is 0 Å². The fourth-order valence-corrected chi connectivity index (χ4v) is 5.33. The molecule has 0 aliphatic heterocycles. The van der Waals surface area contributed by atoms with Gasteiger partial charge in [0.1, 0.15) is 0 Å². The first-order valence-electron chi connectivity index (χ1n) is 16.5. The van der Waals surface area contributed by atoms with Gasteiger partial charge in [0.15, 0.2) is 0 Å². The van der Waals surface area contributed by atoms with Crippen LogP contribution in [0.3, 0.4) is 0 Å². The van der Waals surface area contributed by atoms with Crippen molar-refractivity contribution in [2.24, 2.45) is 0 Å². The molecule has 0 saturated carbocycles. The van der Waals surface area contributed by atoms with Crippen molar-refractivity contribution < 1.29 is 0 Å². The molecule has 0 spiro atoms. The maximum Gasteiger partial charge on any atom is 0.0384 e. The van der Waals surface area contributed by atoms with Crippen LogP contribution in [0.1, 0.15) is 48.9 Å². The highest BCUT2D eigenvalue weighted by Gasteiger charge is 2.01. The van der Waals surface area contributed by atoms with Gasteiger partial charge >= 0.3 is 0 Å². The van der Waals surface area contributed by atoms with Crippen LogP contribution >= 0.6 is 15.9 Å². The molecular formula is C44H47BrN2. The van der Waals surface area contributed by atoms with Crippen LogP contribution in [0.2, 0.25) is 0 Å². The molecule has 3 heteroatoms. The summed E-state index contributed by atoms with van der Waals surface area (Å²) in [6.07, 6.45) is 4.70. The summed E-state index contributed by atoms with van der Waals surface area (Å²) in [6, 6.07) is 50.9. The van der Waals surface area contributed by atoms with E-state index < -0.39 is 0 Å². The molecule has 0 aromatic heterocycles. The van der Waals surface area contributed by atoms with Crippen LogP contribution in [0.4, 0.5) is 17.1 Å². The lowest BCUT2D eigenvalue weighted by Crippen LogP contribution is -1.90. The molecule has 3 N–H and O–H groups in total. The average molecular weight is 684 g/mol. The van der Waals surface area contributed by atoms with E-state index in [0.717, 1.165) is 34.4 Å². The third-order valence-electron chi connectivity index (χ3n) is 7.80. The van der Waals surface area contributed by atoms with Crippen LogP contribution in [0, 0.1) is 13.8 Å². The molecule has 47 heavy (non-hydrogen) atoms. The van der Waals surface area contributed by atoms with Crippen molar-refractivity contribution in [3.8, 4) is 22.3 Å². The zero-order valence-corrected chi connectivity index (χ0v) is 29.7. The SMILES string of the molecule is CCCc1ccc(-c2ccc(N)cc2)cc1.CCCc1ccc(-c2ccc(Nc3ccc(C)cc3)cc2)cc1.Cc1ccc(Br)cc1. The minimum atomic E-state index is 0.811. The maximum absolute atomic E-state index is 5.67. The summed E-state index contributed by atoms with van der Waals surface area (Å²) in [4.78, 5) is 0. The van der Waals surface area contributed by atoms with Gasteiger partial charge in [-0.2, -0.15) is 0 Å². The van der Waals surface area contributed by atoms with E-state index in [0.29, 0.717) is 0 Å². The largest absolute Gasteiger partial charge is 0.399 e. The van der Waals surface area contributed by atoms with Crippen LogP contribution < -0.4 is 11.1 Å². The Morgan fingerprint density at radius 1 is 0.447 bits per heavy atom. The number of nitrogens with one attached hydrogen (secondary N) is 1. The molecule has 6 aromatic carbocycles. The van der Waals surface area contributed by atoms with Crippen molar-refractivity contribution in [3.05, 3.63) is 172 Å². The summed E-state index contributed by atoms with van der Waals surface area (Å²) in [5.41, 5.74) is 19.1. The molecule has 6 rings (SSSR count). The number of hydrogen-bond donors (Lipinski definition) is 2. The first kappa shape index (κ1) is 35.3. The Labute approximate surface area is 290 Å². The third kappa shape index (κ3) is 11.9. The van der Waals surface area contributed by atoms with Crippen molar-refractivity contribution in [1.29, 1.82) is 0 Å². The summed E-state index contributed by atoms with van der Waals surface area (Å²) < 4.78 is 1.14. The van der Waals surface area contributed by atoms with Crippen molar-refractivity contribution in [3.63, 3.8) is 0 Å². The van der Waals surface area contributed by atoms with Crippen molar-refractivity contribution in [1.82, 2.24) is 0 Å². The lowest BCUT2D eigenvalue weighted by molar-refractivity contribution is 0.922. The summed E-state index contributed by atoms with van der Waals surface area (Å²) >= 11 is 3.35. The topological polar surface area (TPSA) is 38.0 Å². The van der Waals surface area contributed by atoms with E-state index in [2.05, 4.69) is 170 Å². The van der Waals surface area contributed by atoms with Crippen LogP contribution in [-0.2, 0) is 12.8 Å². The fourth-order valence-electron chi connectivity index (χ4n) is 5.06. The molecule has 0 heterocycles. The number of nitrogens with two attached hydrogens (primary N) is 1. The standard InChI is InChI=1S/C22H23N.C15H17N.C7H7Br/c1-3-4-18-7-9-19(10-8-18)20-11-15-22(16-12-20)23-21-13-5-17(2)6-14-21;1-2-3-12-4-6-13(7-5-12)14-8-10-15(16)11-9-14;1-6-2-4-7(8)5-3-6/h5-16,23H,3-4H2,1-2H3;4-11H,2-3,16H2,1H3;2-5H,1H3. The summed E-state index contributed by atoms with van der Waals surface area (Å²) in [5.74, 6) is 0. The Hall–Kier alpha value is -4.60. The van der Waals surface area contributed by atoms with E-state index in [-0.39, 0.29) is 0 Å². The van der Waals surface area contributed by atoms with Gasteiger partial charge in [0.2, 0.25) is 0 Å². The second-order valence-electron chi connectivity index (χ2n) is 11.9. The van der Waals surface area contributed by atoms with Crippen LogP contribution in [0.15, 0.2) is 150 Å². The molecule has 0 amide bonds. The van der Waals surface area contributed by atoms with Gasteiger partial charge < -0.3 is 11.1 Å². The zero-order chi connectivity index (χ0) is 33.4. The van der Waals surface area contributed by atoms with E-state index in [4.69, 9.17) is 5.73 Å². The molecule has 0 fully saturated rings. The van der Waals surface area contributed by atoms with Crippen molar-refractivity contribution in [2.45, 2.75) is 53.4 Å². The van der Waals surface area contributed by atoms with Gasteiger partial charge in [-0.1, -0.05) is 151 Å². The Balaban J connectivity index is 0.000000180. The van der Waals surface area contributed by atoms with Gasteiger partial charge in [0, 0.05) is 21.5 Å². The van der Waals surface area contributed by atoms with Crippen LogP contribution in [0.25, 0.3) is 22.3 Å². The molecule has 0 bridgehead atoms. The minimum absolute atomic E-state index is 0.811. The normalized spacial score (nSPS) is 10.2. The number of anilines is 3. The summed E-state index contributed by atoms with van der Waals surface area (Å²) in [7, 11) is 0. The van der Waals surface area contributed by atoms with Gasteiger partial charge in [-0.05, 0) is 109 Å². The molecule has 0 radical (unpaired) electrons. The van der Waals surface area contributed by atoms with Gasteiger partial charge in [-0.3, -0.25) is 0 Å². The Bertz CT molecular complexity index is 1720. The summed E-state index contributed by atoms with van der Waals surface area (Å²) in [5, 5.41) is 3.44. The number of aryl methyl sites for hydroxylation is 4. The Morgan fingerprint density at radius 2 is 0.766 bits per heavy atom. The maximum atomic E-state index is 5.67. The highest BCUT2D eigenvalue weighted by Crippen LogP contribution is 2.25. The number of halogens is 1. The van der Waals surface area contributed by atoms with Gasteiger partial charge in [-0.25, -0.2) is 0 Å². The molecule has 0 aliphatic carbocycles. The quantitative estimate of drug-likeness (QED) is 0.157. The highest BCUT2D eigenvalue weighted by atomic mass is 79.9. The summed E-state index contributed by atoms with van der Waals surface area (Å²) in [6.45, 7) is 8.60. The lowest BCUT2D eigenvalue weighted by Gasteiger charge is -2.09. The second kappa shape index (κ2) is 18.5. The first-order chi connectivity index (χ1) is 22.8. The second-order valence-corrected chi connectivity index (χ2v) is 12.8. The molecule has 0 aliphatic rings. The monoisotopic (exact) mass is 682 g/mol. The molecule has 0 atom stereocenters. The third-order valence-corrected chi connectivity index (χ3v) is 8.33. The molecule has 6 aromatic rings. The molecule has 2 nitrogen and oxygen atoms in total. The number of rotatable bonds is 8. The smallest absolute Gasteiger partial charge is 0.0384 e. The van der Waals surface area contributed by atoms with E-state index in [1.807, 2.05) is 24.3 Å². The predicted molar refractivity (Wildman–Crippen MR) is 209 cm³/mol. The Kier molecular flexibility index (Phi) is 13.9. The minimum Gasteiger partial charge on any atom is -0.399 e. The zero-order valence-electron chi connectivity index (χ0n) is 28.1. The van der Waals surface area contributed by atoms with E-state index >= 15 is 0 Å². The lowest BCUT2D eigenvalue weighted by atomic mass is 10.0. The van der Waals surface area contributed by atoms with E-state index in [9.17, 15) is 0 Å². The molecular weight excluding hydrogens is 636 g/mol. The van der Waals surface area contributed by atoms with Gasteiger partial charge in [0.25, 0.3) is 0 Å². The van der Waals surface area contributed by atoms with Gasteiger partial charge in [-0.15, -0.1) is 0 Å². The average Bonchev–Trinajstić information content (AvgIpc) is 3.10.